The summed E-state index contributed by atoms with van der Waals surface area (Å²) < 4.78 is 0. The molecular weight excluding hydrogens is 196 g/mol. The van der Waals surface area contributed by atoms with Crippen molar-refractivity contribution in [3.8, 4) is 0 Å². The molecule has 1 aromatic heterocycles. The lowest BCUT2D eigenvalue weighted by Gasteiger charge is -2.10. The van der Waals surface area contributed by atoms with E-state index in [9.17, 15) is 0 Å². The smallest absolute Gasteiger partial charge is 0.0993 e. The molecule has 0 bridgehead atoms. The SMILES string of the molecule is Cc1cc(N)cnc1SC(C)CCO. The molecular formula is C10H16N2OS. The van der Waals surface area contributed by atoms with Crippen LogP contribution in [0.2, 0.25) is 0 Å². The Labute approximate surface area is 88.7 Å². The zero-order chi connectivity index (χ0) is 10.6. The second-order valence-electron chi connectivity index (χ2n) is 3.33. The van der Waals surface area contributed by atoms with E-state index in [-0.39, 0.29) is 6.61 Å². The number of pyridine rings is 1. The summed E-state index contributed by atoms with van der Waals surface area (Å²) in [6.45, 7) is 4.30. The maximum atomic E-state index is 8.77. The number of anilines is 1. The van der Waals surface area contributed by atoms with Crippen LogP contribution in [0.4, 0.5) is 5.69 Å². The number of aryl methyl sites for hydroxylation is 1. The van der Waals surface area contributed by atoms with Crippen molar-refractivity contribution >= 4 is 17.4 Å². The minimum atomic E-state index is 0.224. The van der Waals surface area contributed by atoms with E-state index in [0.717, 1.165) is 17.0 Å². The van der Waals surface area contributed by atoms with Crippen LogP contribution in [0.15, 0.2) is 17.3 Å². The van der Waals surface area contributed by atoms with Gasteiger partial charge in [-0.3, -0.25) is 0 Å². The molecule has 4 heteroatoms. The number of aliphatic hydroxyl groups excluding tert-OH is 1. The molecule has 0 amide bonds. The number of hydrogen-bond donors (Lipinski definition) is 2. The van der Waals surface area contributed by atoms with E-state index in [1.807, 2.05) is 13.0 Å². The minimum absolute atomic E-state index is 0.224. The van der Waals surface area contributed by atoms with Crippen LogP contribution >= 0.6 is 11.8 Å². The Bertz CT molecular complexity index is 304. The molecule has 0 radical (unpaired) electrons. The third-order valence-electron chi connectivity index (χ3n) is 1.90. The van der Waals surface area contributed by atoms with E-state index in [4.69, 9.17) is 10.8 Å². The van der Waals surface area contributed by atoms with E-state index in [1.54, 1.807) is 18.0 Å². The average Bonchev–Trinajstić information content (AvgIpc) is 2.10. The van der Waals surface area contributed by atoms with Crippen LogP contribution in [-0.2, 0) is 0 Å². The van der Waals surface area contributed by atoms with Gasteiger partial charge in [0.25, 0.3) is 0 Å². The predicted molar refractivity (Wildman–Crippen MR) is 60.4 cm³/mol. The Kier molecular flexibility index (Phi) is 4.22. The van der Waals surface area contributed by atoms with E-state index >= 15 is 0 Å². The molecule has 0 aliphatic rings. The first-order chi connectivity index (χ1) is 6.63. The molecule has 0 aromatic carbocycles. The summed E-state index contributed by atoms with van der Waals surface area (Å²) in [7, 11) is 0. The molecule has 0 spiro atoms. The second kappa shape index (κ2) is 5.22. The highest BCUT2D eigenvalue weighted by Crippen LogP contribution is 2.26. The lowest BCUT2D eigenvalue weighted by molar-refractivity contribution is 0.289. The van der Waals surface area contributed by atoms with E-state index in [1.165, 1.54) is 0 Å². The Hall–Kier alpha value is -0.740. The second-order valence-corrected chi connectivity index (χ2v) is 4.76. The summed E-state index contributed by atoms with van der Waals surface area (Å²) in [6.07, 6.45) is 2.46. The topological polar surface area (TPSA) is 59.1 Å². The van der Waals surface area contributed by atoms with Crippen LogP contribution in [0.25, 0.3) is 0 Å². The molecule has 0 saturated heterocycles. The van der Waals surface area contributed by atoms with Crippen molar-refractivity contribution in [2.75, 3.05) is 12.3 Å². The van der Waals surface area contributed by atoms with Gasteiger partial charge < -0.3 is 10.8 Å². The molecule has 0 aliphatic heterocycles. The fourth-order valence-electron chi connectivity index (χ4n) is 1.14. The highest BCUT2D eigenvalue weighted by molar-refractivity contribution is 7.99. The maximum absolute atomic E-state index is 8.77. The van der Waals surface area contributed by atoms with Crippen LogP contribution in [0.1, 0.15) is 18.9 Å². The largest absolute Gasteiger partial charge is 0.397 e. The lowest BCUT2D eigenvalue weighted by atomic mass is 10.3. The number of rotatable bonds is 4. The molecule has 1 aromatic rings. The van der Waals surface area contributed by atoms with Crippen LogP contribution in [-0.4, -0.2) is 21.9 Å². The van der Waals surface area contributed by atoms with Crippen LogP contribution in [0, 0.1) is 6.92 Å². The van der Waals surface area contributed by atoms with Crippen LogP contribution in [0.3, 0.4) is 0 Å². The van der Waals surface area contributed by atoms with Gasteiger partial charge in [-0.2, -0.15) is 0 Å². The van der Waals surface area contributed by atoms with Gasteiger partial charge in [-0.05, 0) is 25.0 Å². The molecule has 1 rings (SSSR count). The number of thioether (sulfide) groups is 1. The van der Waals surface area contributed by atoms with E-state index in [2.05, 4.69) is 11.9 Å². The molecule has 1 heterocycles. The Morgan fingerprint density at radius 2 is 2.36 bits per heavy atom. The molecule has 14 heavy (non-hydrogen) atoms. The number of nitrogen functional groups attached to an aromatic ring is 1. The summed E-state index contributed by atoms with van der Waals surface area (Å²) in [5.74, 6) is 0. The van der Waals surface area contributed by atoms with Crippen molar-refractivity contribution in [2.24, 2.45) is 0 Å². The first kappa shape index (κ1) is 11.3. The van der Waals surface area contributed by atoms with Gasteiger partial charge in [0, 0.05) is 11.9 Å². The summed E-state index contributed by atoms with van der Waals surface area (Å²) in [4.78, 5) is 4.26. The lowest BCUT2D eigenvalue weighted by Crippen LogP contribution is -2.01. The Morgan fingerprint density at radius 3 is 2.93 bits per heavy atom. The average molecular weight is 212 g/mol. The Morgan fingerprint density at radius 1 is 1.64 bits per heavy atom. The summed E-state index contributed by atoms with van der Waals surface area (Å²) in [6, 6.07) is 1.92. The fourth-order valence-corrected chi connectivity index (χ4v) is 2.10. The highest BCUT2D eigenvalue weighted by atomic mass is 32.2. The Balaban J connectivity index is 2.67. The first-order valence-electron chi connectivity index (χ1n) is 4.63. The van der Waals surface area contributed by atoms with Crippen molar-refractivity contribution in [3.63, 3.8) is 0 Å². The fraction of sp³-hybridized carbons (Fsp3) is 0.500. The number of nitrogens with two attached hydrogens (primary N) is 1. The number of aliphatic hydroxyl groups is 1. The van der Waals surface area contributed by atoms with E-state index in [0.29, 0.717) is 10.9 Å². The summed E-state index contributed by atoms with van der Waals surface area (Å²) >= 11 is 1.68. The van der Waals surface area contributed by atoms with Gasteiger partial charge in [0.1, 0.15) is 0 Å². The van der Waals surface area contributed by atoms with Crippen molar-refractivity contribution in [1.29, 1.82) is 0 Å². The number of hydrogen-bond acceptors (Lipinski definition) is 4. The summed E-state index contributed by atoms with van der Waals surface area (Å²) in [5, 5.41) is 10.2. The zero-order valence-corrected chi connectivity index (χ0v) is 9.34. The predicted octanol–water partition coefficient (Wildman–Crippen LogP) is 1.84. The number of nitrogens with zero attached hydrogens (tertiary/aromatic N) is 1. The quantitative estimate of drug-likeness (QED) is 0.748. The molecule has 0 fully saturated rings. The highest BCUT2D eigenvalue weighted by Gasteiger charge is 2.07. The van der Waals surface area contributed by atoms with Gasteiger partial charge >= 0.3 is 0 Å². The third-order valence-corrected chi connectivity index (χ3v) is 3.19. The van der Waals surface area contributed by atoms with Gasteiger partial charge in [0.15, 0.2) is 0 Å². The van der Waals surface area contributed by atoms with E-state index < -0.39 is 0 Å². The molecule has 3 nitrogen and oxygen atoms in total. The molecule has 0 saturated carbocycles. The van der Waals surface area contributed by atoms with Crippen molar-refractivity contribution in [1.82, 2.24) is 4.98 Å². The van der Waals surface area contributed by atoms with Crippen LogP contribution in [0.5, 0.6) is 0 Å². The summed E-state index contributed by atoms with van der Waals surface area (Å²) in [5.41, 5.74) is 7.40. The standard InChI is InChI=1S/C10H16N2OS/c1-7-5-9(11)6-12-10(7)14-8(2)3-4-13/h5-6,8,13H,3-4,11H2,1-2H3. The van der Waals surface area contributed by atoms with Gasteiger partial charge in [-0.15, -0.1) is 11.8 Å². The molecule has 78 valence electrons. The molecule has 3 N–H and O–H groups in total. The van der Waals surface area contributed by atoms with Gasteiger partial charge in [0.05, 0.1) is 16.9 Å². The van der Waals surface area contributed by atoms with Gasteiger partial charge in [-0.25, -0.2) is 4.98 Å². The van der Waals surface area contributed by atoms with Crippen molar-refractivity contribution < 1.29 is 5.11 Å². The van der Waals surface area contributed by atoms with Crippen molar-refractivity contribution in [3.05, 3.63) is 17.8 Å². The van der Waals surface area contributed by atoms with Crippen molar-refractivity contribution in [2.45, 2.75) is 30.5 Å². The first-order valence-corrected chi connectivity index (χ1v) is 5.51. The maximum Gasteiger partial charge on any atom is 0.0993 e. The molecule has 0 aliphatic carbocycles. The minimum Gasteiger partial charge on any atom is -0.397 e. The normalized spacial score (nSPS) is 12.8. The third kappa shape index (κ3) is 3.20. The monoisotopic (exact) mass is 212 g/mol. The molecule has 1 atom stereocenters. The number of aromatic nitrogens is 1. The van der Waals surface area contributed by atoms with Gasteiger partial charge in [0.2, 0.25) is 0 Å². The zero-order valence-electron chi connectivity index (χ0n) is 8.53. The van der Waals surface area contributed by atoms with Gasteiger partial charge in [-0.1, -0.05) is 6.92 Å². The molecule has 1 unspecified atom stereocenters. The van der Waals surface area contributed by atoms with Crippen LogP contribution < -0.4 is 5.73 Å².